The molecule has 0 saturated carbocycles. The van der Waals surface area contributed by atoms with Gasteiger partial charge in [0.2, 0.25) is 0 Å². The fraction of sp³-hybridized carbons (Fsp3) is 0.375. The molecule has 2 rings (SSSR count). The van der Waals surface area contributed by atoms with E-state index in [9.17, 15) is 0 Å². The van der Waals surface area contributed by atoms with Crippen molar-refractivity contribution >= 4 is 5.43 Å². The number of hydrogen-bond acceptors (Lipinski definition) is 0. The molecule has 0 radical (unpaired) electrons. The van der Waals surface area contributed by atoms with E-state index in [0.717, 1.165) is 0 Å². The van der Waals surface area contributed by atoms with Gasteiger partial charge in [-0.3, -0.25) is 0 Å². The van der Waals surface area contributed by atoms with Gasteiger partial charge >= 0.3 is 41.9 Å². The van der Waals surface area contributed by atoms with E-state index in [0.29, 0.717) is 0 Å². The molecule has 0 heterocycles. The van der Waals surface area contributed by atoms with Gasteiger partial charge in [-0.05, 0) is 0 Å². The van der Waals surface area contributed by atoms with E-state index >= 15 is 0 Å². The maximum absolute atomic E-state index is 2.31. The molecule has 0 aliphatic rings. The molecule has 0 N–H and O–H groups in total. The Hall–Kier alpha value is -0.200. The van der Waals surface area contributed by atoms with E-state index in [2.05, 4.69) is 77.2 Å². The van der Waals surface area contributed by atoms with Crippen molar-refractivity contribution < 1.29 is 23.3 Å². The van der Waals surface area contributed by atoms with Gasteiger partial charge in [0.25, 0.3) is 0 Å². The molecule has 0 saturated heterocycles. The van der Waals surface area contributed by atoms with E-state index in [-0.39, 0.29) is 5.43 Å². The molecule has 0 nitrogen and oxygen atoms in total. The Balaban J connectivity index is 0.000000253. The predicted molar refractivity (Wildman–Crippen MR) is 80.5 cm³/mol. The standard InChI is InChI=1S/2C7H9.C2H6Si.Zr/c2*1-6-3-4-7(2)5-6;1-3-2;/h2*3-5H,1-2H3;1-2H3;/q2*-1;;+2. The van der Waals surface area contributed by atoms with Gasteiger partial charge in [-0.25, -0.2) is 23.3 Å². The summed E-state index contributed by atoms with van der Waals surface area (Å²) < 4.78 is 0. The molecule has 0 bridgehead atoms. The molecule has 2 aromatic rings. The minimum atomic E-state index is 0.210. The molecule has 2 aromatic carbocycles. The maximum atomic E-state index is 2.31. The molecule has 0 spiro atoms. The first-order valence-corrected chi connectivity index (χ1v) is 12.4. The molecule has 2 heteroatoms. The molecule has 0 aromatic heterocycles. The molecule has 0 fully saturated rings. The van der Waals surface area contributed by atoms with Crippen LogP contribution in [0.2, 0.25) is 13.1 Å². The van der Waals surface area contributed by atoms with Crippen LogP contribution in [0.15, 0.2) is 36.4 Å². The van der Waals surface area contributed by atoms with Crippen molar-refractivity contribution in [1.29, 1.82) is 0 Å². The van der Waals surface area contributed by atoms with E-state index in [1.807, 2.05) is 0 Å². The van der Waals surface area contributed by atoms with Crippen LogP contribution in [0.5, 0.6) is 0 Å². The molecular formula is C16H24SiZr. The Morgan fingerprint density at radius 2 is 1.11 bits per heavy atom. The van der Waals surface area contributed by atoms with Crippen molar-refractivity contribution in [1.82, 2.24) is 0 Å². The summed E-state index contributed by atoms with van der Waals surface area (Å²) in [6.45, 7) is 13.0. The normalized spacial score (nSPS) is 8.89. The van der Waals surface area contributed by atoms with Crippen LogP contribution >= 0.6 is 0 Å². The summed E-state index contributed by atoms with van der Waals surface area (Å²) in [5.74, 6) is 0. The van der Waals surface area contributed by atoms with Crippen molar-refractivity contribution in [2.45, 2.75) is 40.8 Å². The summed E-state index contributed by atoms with van der Waals surface area (Å²) in [6, 6.07) is 12.8. The molecule has 0 unspecified atom stereocenters. The third kappa shape index (κ3) is 10.9. The average molecular weight is 336 g/mol. The average Bonchev–Trinajstić information content (AvgIpc) is 2.76. The second-order valence-corrected chi connectivity index (χ2v) is 14.3. The first kappa shape index (κ1) is 17.8. The van der Waals surface area contributed by atoms with E-state index < -0.39 is 0 Å². The summed E-state index contributed by atoms with van der Waals surface area (Å²) >= 11 is 1.74. The number of aryl methyl sites for hydroxylation is 4. The van der Waals surface area contributed by atoms with Crippen LogP contribution in [0.4, 0.5) is 0 Å². The van der Waals surface area contributed by atoms with Crippen molar-refractivity contribution in [3.05, 3.63) is 58.7 Å². The zero-order chi connectivity index (χ0) is 14.1. The summed E-state index contributed by atoms with van der Waals surface area (Å²) in [4.78, 5) is 0. The minimum absolute atomic E-state index is 0.210. The fourth-order valence-corrected chi connectivity index (χ4v) is 1.44. The fourth-order valence-electron chi connectivity index (χ4n) is 1.44. The van der Waals surface area contributed by atoms with Gasteiger partial charge in [-0.1, -0.05) is 27.7 Å². The first-order chi connectivity index (χ1) is 8.31. The summed E-state index contributed by atoms with van der Waals surface area (Å²) in [5, 5.41) is 0. The SMILES string of the molecule is C[Si](C)=[Zr+2].Cc1c[cH-]c(C)c1.Cc1c[cH-]c(C)c1. The van der Waals surface area contributed by atoms with E-state index in [1.54, 1.807) is 23.3 Å². The minimum Gasteiger partial charge on any atom is -0.208 e. The Morgan fingerprint density at radius 1 is 0.833 bits per heavy atom. The first-order valence-electron chi connectivity index (χ1n) is 6.23. The van der Waals surface area contributed by atoms with Crippen molar-refractivity contribution in [2.75, 3.05) is 0 Å². The Bertz CT molecular complexity index is 388. The molecular weight excluding hydrogens is 311 g/mol. The van der Waals surface area contributed by atoms with Crippen LogP contribution in [0.3, 0.4) is 0 Å². The molecule has 96 valence electrons. The third-order valence-electron chi connectivity index (χ3n) is 2.13. The van der Waals surface area contributed by atoms with Crippen molar-refractivity contribution in [3.8, 4) is 0 Å². The van der Waals surface area contributed by atoms with Gasteiger partial charge in [-0.2, -0.15) is 35.4 Å². The van der Waals surface area contributed by atoms with Gasteiger partial charge in [0.1, 0.15) is 0 Å². The van der Waals surface area contributed by atoms with Gasteiger partial charge in [0.15, 0.2) is 0 Å². The van der Waals surface area contributed by atoms with E-state index in [4.69, 9.17) is 0 Å². The summed E-state index contributed by atoms with van der Waals surface area (Å²) in [6.07, 6.45) is 0. The quantitative estimate of drug-likeness (QED) is 0.478. The largest absolute Gasteiger partial charge is 0.208 e. The number of hydrogen-bond donors (Lipinski definition) is 0. The van der Waals surface area contributed by atoms with Crippen LogP contribution < -0.4 is 0 Å². The third-order valence-corrected chi connectivity index (χ3v) is 2.13. The smallest absolute Gasteiger partial charge is 0.0635 e. The van der Waals surface area contributed by atoms with Crippen molar-refractivity contribution in [3.63, 3.8) is 0 Å². The van der Waals surface area contributed by atoms with Crippen LogP contribution in [0.25, 0.3) is 0 Å². The zero-order valence-corrected chi connectivity index (χ0v) is 15.9. The second kappa shape index (κ2) is 9.69. The van der Waals surface area contributed by atoms with Crippen LogP contribution in [0, 0.1) is 27.7 Å². The molecule has 0 aliphatic heterocycles. The zero-order valence-electron chi connectivity index (χ0n) is 12.5. The Morgan fingerprint density at radius 3 is 1.17 bits per heavy atom. The van der Waals surface area contributed by atoms with Gasteiger partial charge in [0, 0.05) is 0 Å². The molecule has 0 aliphatic carbocycles. The van der Waals surface area contributed by atoms with Crippen LogP contribution in [-0.2, 0) is 23.3 Å². The number of rotatable bonds is 0. The monoisotopic (exact) mass is 334 g/mol. The van der Waals surface area contributed by atoms with Gasteiger partial charge in [0.05, 0.1) is 0 Å². The topological polar surface area (TPSA) is 0 Å². The molecule has 0 amide bonds. The maximum Gasteiger partial charge on any atom is -0.0635 e. The van der Waals surface area contributed by atoms with E-state index in [1.165, 1.54) is 22.3 Å². The Labute approximate surface area is 128 Å². The molecule has 18 heavy (non-hydrogen) atoms. The Kier molecular flexibility index (Phi) is 9.59. The van der Waals surface area contributed by atoms with Crippen LogP contribution in [0.1, 0.15) is 22.3 Å². The van der Waals surface area contributed by atoms with Gasteiger partial charge < -0.3 is 0 Å². The molecule has 0 atom stereocenters. The van der Waals surface area contributed by atoms with Crippen LogP contribution in [-0.4, -0.2) is 5.43 Å². The summed E-state index contributed by atoms with van der Waals surface area (Å²) in [7, 11) is 0. The second-order valence-electron chi connectivity index (χ2n) is 4.93. The predicted octanol–water partition coefficient (Wildman–Crippen LogP) is 4.83. The van der Waals surface area contributed by atoms with Crippen molar-refractivity contribution in [2.24, 2.45) is 0 Å². The summed E-state index contributed by atoms with van der Waals surface area (Å²) in [5.41, 5.74) is 5.65. The van der Waals surface area contributed by atoms with Gasteiger partial charge in [-0.15, -0.1) is 0 Å².